The number of methoxy groups -OCH3 is 1. The van der Waals surface area contributed by atoms with Crippen molar-refractivity contribution >= 4 is 6.41 Å². The summed E-state index contributed by atoms with van der Waals surface area (Å²) in [6.45, 7) is 0. The van der Waals surface area contributed by atoms with E-state index in [4.69, 9.17) is 9.53 Å². The van der Waals surface area contributed by atoms with E-state index in [1.165, 1.54) is 0 Å². The second-order valence-corrected chi connectivity index (χ2v) is 1.51. The maximum absolute atomic E-state index is 8.58. The topological polar surface area (TPSA) is 65.2 Å². The molecule has 2 N–H and O–H groups in total. The Morgan fingerprint density at radius 2 is 2.27 bits per heavy atom. The van der Waals surface area contributed by atoms with Crippen LogP contribution in [0.2, 0.25) is 0 Å². The lowest BCUT2D eigenvalue weighted by atomic mass is 10.5. The summed E-state index contributed by atoms with van der Waals surface area (Å²) in [6, 6.07) is 5.54. The molecule has 60 valence electrons. The Labute approximate surface area is 65.0 Å². The minimum absolute atomic E-state index is 0.250. The highest BCUT2D eigenvalue weighted by molar-refractivity contribution is 5.42. The molecule has 0 spiro atoms. The molecule has 0 aliphatic rings. The average Bonchev–Trinajstić information content (AvgIpc) is 2.08. The number of ether oxygens (including phenoxy) is 1. The van der Waals surface area contributed by atoms with Crippen molar-refractivity contribution in [1.82, 2.24) is 4.98 Å². The van der Waals surface area contributed by atoms with Crippen molar-refractivity contribution in [2.45, 2.75) is 0 Å². The van der Waals surface area contributed by atoms with E-state index in [2.05, 4.69) is 10.7 Å². The molecule has 0 aliphatic carbocycles. The zero-order chi connectivity index (χ0) is 8.53. The number of carbonyl (C=O) groups excluding carboxylic acids is 1. The number of carbonyl (C=O) groups is 1. The molecule has 0 atom stereocenters. The third-order valence-corrected chi connectivity index (χ3v) is 0.847. The van der Waals surface area contributed by atoms with Crippen molar-refractivity contribution in [3.05, 3.63) is 24.4 Å². The monoisotopic (exact) mass is 154 g/mol. The van der Waals surface area contributed by atoms with Crippen LogP contribution in [0.4, 0.5) is 0 Å². The van der Waals surface area contributed by atoms with Gasteiger partial charge in [0.25, 0.3) is 0 Å². The number of pyridine rings is 1. The normalized spacial score (nSPS) is 7.36. The highest BCUT2D eigenvalue weighted by Gasteiger charge is 1.82. The first-order valence-corrected chi connectivity index (χ1v) is 2.95. The van der Waals surface area contributed by atoms with E-state index < -0.39 is 0 Å². The van der Waals surface area contributed by atoms with Crippen LogP contribution in [0.5, 0.6) is 5.88 Å². The van der Waals surface area contributed by atoms with Crippen LogP contribution in [0, 0.1) is 0 Å². The van der Waals surface area contributed by atoms with Gasteiger partial charge in [0.05, 0.1) is 7.11 Å². The van der Waals surface area contributed by atoms with Gasteiger partial charge >= 0.3 is 0 Å². The minimum Gasteiger partial charge on any atom is -0.481 e. The summed E-state index contributed by atoms with van der Waals surface area (Å²) in [7, 11) is 1.60. The van der Waals surface area contributed by atoms with Crippen LogP contribution < -0.4 is 10.5 Å². The maximum Gasteiger partial charge on any atom is 0.212 e. The molecule has 0 bridgehead atoms. The van der Waals surface area contributed by atoms with Crippen LogP contribution >= 0.6 is 0 Å². The lowest BCUT2D eigenvalue weighted by molar-refractivity contribution is -0.106. The summed E-state index contributed by atoms with van der Waals surface area (Å²) in [6.07, 6.45) is 1.94. The number of primary amides is 1. The summed E-state index contributed by atoms with van der Waals surface area (Å²) < 4.78 is 4.80. The van der Waals surface area contributed by atoms with Gasteiger partial charge in [0, 0.05) is 12.3 Å². The van der Waals surface area contributed by atoms with Gasteiger partial charge in [-0.3, -0.25) is 4.79 Å². The van der Waals surface area contributed by atoms with Gasteiger partial charge in [-0.1, -0.05) is 6.07 Å². The van der Waals surface area contributed by atoms with Crippen LogP contribution in [-0.4, -0.2) is 18.5 Å². The summed E-state index contributed by atoms with van der Waals surface area (Å²) in [5, 5.41) is 0. The van der Waals surface area contributed by atoms with Gasteiger partial charge < -0.3 is 10.5 Å². The summed E-state index contributed by atoms with van der Waals surface area (Å²) >= 11 is 0. The Bertz CT molecular complexity index is 189. The molecule has 1 aromatic rings. The van der Waals surface area contributed by atoms with Crippen LogP contribution in [0.25, 0.3) is 0 Å². The number of nitrogens with two attached hydrogens (primary N) is 1. The van der Waals surface area contributed by atoms with Gasteiger partial charge in [-0.15, -0.1) is 0 Å². The third kappa shape index (κ3) is 4.90. The lowest BCUT2D eigenvalue weighted by Crippen LogP contribution is -1.83. The summed E-state index contributed by atoms with van der Waals surface area (Å²) in [5.74, 6) is 0.660. The SMILES string of the molecule is COc1ccccn1.NC=O. The van der Waals surface area contributed by atoms with E-state index in [1.807, 2.05) is 12.1 Å². The van der Waals surface area contributed by atoms with E-state index in [0.717, 1.165) is 0 Å². The highest BCUT2D eigenvalue weighted by Crippen LogP contribution is 1.99. The van der Waals surface area contributed by atoms with Gasteiger partial charge in [0.2, 0.25) is 12.3 Å². The van der Waals surface area contributed by atoms with Gasteiger partial charge in [-0.25, -0.2) is 4.98 Å². The predicted molar refractivity (Wildman–Crippen MR) is 41.0 cm³/mol. The summed E-state index contributed by atoms with van der Waals surface area (Å²) in [4.78, 5) is 12.5. The van der Waals surface area contributed by atoms with Crippen LogP contribution in [0.1, 0.15) is 0 Å². The second kappa shape index (κ2) is 6.54. The van der Waals surface area contributed by atoms with Crippen molar-refractivity contribution in [1.29, 1.82) is 0 Å². The first kappa shape index (κ1) is 9.42. The smallest absolute Gasteiger partial charge is 0.212 e. The van der Waals surface area contributed by atoms with Crippen LogP contribution in [-0.2, 0) is 4.79 Å². The van der Waals surface area contributed by atoms with Crippen molar-refractivity contribution in [2.24, 2.45) is 5.73 Å². The third-order valence-electron chi connectivity index (χ3n) is 0.847. The quantitative estimate of drug-likeness (QED) is 0.587. The summed E-state index contributed by atoms with van der Waals surface area (Å²) in [5.41, 5.74) is 4.17. The molecule has 1 amide bonds. The van der Waals surface area contributed by atoms with Gasteiger partial charge in [-0.2, -0.15) is 0 Å². The Kier molecular flexibility index (Phi) is 5.60. The molecule has 4 heteroatoms. The lowest BCUT2D eigenvalue weighted by Gasteiger charge is -1.92. The Morgan fingerprint density at radius 3 is 2.55 bits per heavy atom. The fourth-order valence-electron chi connectivity index (χ4n) is 0.468. The Hall–Kier alpha value is -1.58. The van der Waals surface area contributed by atoms with Crippen LogP contribution in [0.15, 0.2) is 24.4 Å². The van der Waals surface area contributed by atoms with E-state index in [9.17, 15) is 0 Å². The number of amides is 1. The average molecular weight is 154 g/mol. The molecule has 0 unspecified atom stereocenters. The number of hydrogen-bond donors (Lipinski definition) is 1. The van der Waals surface area contributed by atoms with Crippen molar-refractivity contribution in [3.8, 4) is 5.88 Å². The highest BCUT2D eigenvalue weighted by atomic mass is 16.5. The molecule has 0 aromatic carbocycles. The Morgan fingerprint density at radius 1 is 1.64 bits per heavy atom. The first-order valence-electron chi connectivity index (χ1n) is 2.95. The molecule has 1 aromatic heterocycles. The molecule has 1 rings (SSSR count). The van der Waals surface area contributed by atoms with E-state index >= 15 is 0 Å². The van der Waals surface area contributed by atoms with E-state index in [1.54, 1.807) is 19.4 Å². The molecule has 11 heavy (non-hydrogen) atoms. The van der Waals surface area contributed by atoms with Gasteiger partial charge in [-0.05, 0) is 6.07 Å². The zero-order valence-electron chi connectivity index (χ0n) is 6.23. The second-order valence-electron chi connectivity index (χ2n) is 1.51. The molecule has 1 heterocycles. The predicted octanol–water partition coefficient (Wildman–Crippen LogP) is 0.192. The molecule has 0 saturated heterocycles. The fourth-order valence-corrected chi connectivity index (χ4v) is 0.468. The fraction of sp³-hybridized carbons (Fsp3) is 0.143. The largest absolute Gasteiger partial charge is 0.481 e. The molecular formula is C7H10N2O2. The van der Waals surface area contributed by atoms with E-state index in [-0.39, 0.29) is 6.41 Å². The van der Waals surface area contributed by atoms with Crippen molar-refractivity contribution < 1.29 is 9.53 Å². The van der Waals surface area contributed by atoms with Gasteiger partial charge in [0.15, 0.2) is 0 Å². The molecule has 0 saturated carbocycles. The van der Waals surface area contributed by atoms with Gasteiger partial charge in [0.1, 0.15) is 0 Å². The maximum atomic E-state index is 8.58. The number of hydrogen-bond acceptors (Lipinski definition) is 3. The minimum atomic E-state index is 0.250. The molecule has 0 radical (unpaired) electrons. The molecule has 0 fully saturated rings. The zero-order valence-corrected chi connectivity index (χ0v) is 6.23. The molecule has 4 nitrogen and oxygen atoms in total. The number of nitrogens with zero attached hydrogens (tertiary/aromatic N) is 1. The number of rotatable bonds is 1. The van der Waals surface area contributed by atoms with Crippen molar-refractivity contribution in [2.75, 3.05) is 7.11 Å². The van der Waals surface area contributed by atoms with E-state index in [0.29, 0.717) is 5.88 Å². The van der Waals surface area contributed by atoms with Crippen LogP contribution in [0.3, 0.4) is 0 Å². The molecular weight excluding hydrogens is 144 g/mol. The number of aromatic nitrogens is 1. The van der Waals surface area contributed by atoms with Crippen molar-refractivity contribution in [3.63, 3.8) is 0 Å². The standard InChI is InChI=1S/C6H7NO.CH3NO/c1-8-6-4-2-3-5-7-6;2-1-3/h2-5H,1H3;1H,(H2,2,3). The Balaban J connectivity index is 0.000000292. The first-order chi connectivity index (χ1) is 5.35. The molecule has 0 aliphatic heterocycles.